The number of benzene rings is 2. The number of fused-ring (bicyclic) bond motifs is 2. The van der Waals surface area contributed by atoms with Gasteiger partial charge in [0.15, 0.2) is 21.3 Å². The van der Waals surface area contributed by atoms with Crippen LogP contribution in [0.1, 0.15) is 31.7 Å². The van der Waals surface area contributed by atoms with E-state index >= 15 is 0 Å². The summed E-state index contributed by atoms with van der Waals surface area (Å²) < 4.78 is 79.5. The number of aromatic nitrogens is 6. The molecule has 3 heterocycles. The van der Waals surface area contributed by atoms with Gasteiger partial charge in [0.1, 0.15) is 16.9 Å². The van der Waals surface area contributed by atoms with Crippen molar-refractivity contribution >= 4 is 55.3 Å². The molecule has 13 nitrogen and oxygen atoms in total. The van der Waals surface area contributed by atoms with Crippen molar-refractivity contribution in [3.63, 3.8) is 0 Å². The van der Waals surface area contributed by atoms with E-state index in [0.717, 1.165) is 31.4 Å². The van der Waals surface area contributed by atoms with Crippen LogP contribution in [0.4, 0.5) is 35.0 Å². The fourth-order valence-corrected chi connectivity index (χ4v) is 5.90. The van der Waals surface area contributed by atoms with Gasteiger partial charge < -0.3 is 15.9 Å². The van der Waals surface area contributed by atoms with Crippen molar-refractivity contribution in [3.05, 3.63) is 58.9 Å². The van der Waals surface area contributed by atoms with Gasteiger partial charge in [-0.05, 0) is 43.2 Å². The summed E-state index contributed by atoms with van der Waals surface area (Å²) in [5.74, 6) is -3.73. The standard InChI is InChI=1S/C26H22F4N8O5S/c1-44(41,42)14-9-10-17(16(27)11-14)33-24-34-21(31)20-22(35-24)36(13-5-2-3-6-13)25(40)37(20)18-7-4-8-19-15(18)12-32-38(19)43-23(39)26(28,29)30/h4,7-13H,2-3,5-6H2,1H3,(H3,31,33,34,35). The third kappa shape index (κ3) is 4.99. The molecule has 1 aliphatic carbocycles. The Morgan fingerprint density at radius 1 is 1.14 bits per heavy atom. The molecule has 44 heavy (non-hydrogen) atoms. The molecule has 18 heteroatoms. The van der Waals surface area contributed by atoms with Crippen molar-refractivity contribution in [2.24, 2.45) is 0 Å². The zero-order valence-electron chi connectivity index (χ0n) is 22.7. The van der Waals surface area contributed by atoms with Crippen LogP contribution in [0.3, 0.4) is 0 Å². The third-order valence-electron chi connectivity index (χ3n) is 7.25. The second kappa shape index (κ2) is 10.3. The normalized spacial score (nSPS) is 14.5. The molecule has 0 amide bonds. The van der Waals surface area contributed by atoms with Gasteiger partial charge in [-0.15, -0.1) is 5.10 Å². The molecule has 0 atom stereocenters. The highest BCUT2D eigenvalue weighted by Crippen LogP contribution is 2.34. The first-order valence-electron chi connectivity index (χ1n) is 13.1. The lowest BCUT2D eigenvalue weighted by Crippen LogP contribution is -2.33. The number of nitrogen functional groups attached to an aromatic ring is 1. The van der Waals surface area contributed by atoms with Crippen LogP contribution >= 0.6 is 0 Å². The van der Waals surface area contributed by atoms with E-state index in [2.05, 4.69) is 25.2 Å². The minimum Gasteiger partial charge on any atom is -0.382 e. The highest BCUT2D eigenvalue weighted by Gasteiger charge is 2.42. The molecule has 1 saturated carbocycles. The van der Waals surface area contributed by atoms with E-state index in [-0.39, 0.29) is 56.1 Å². The molecule has 1 fully saturated rings. The van der Waals surface area contributed by atoms with E-state index in [1.165, 1.54) is 39.5 Å². The average molecular weight is 635 g/mol. The molecular formula is C26H22F4N8O5S. The largest absolute Gasteiger partial charge is 0.493 e. The summed E-state index contributed by atoms with van der Waals surface area (Å²) in [6.07, 6.45) is -0.181. The van der Waals surface area contributed by atoms with E-state index in [0.29, 0.717) is 17.7 Å². The van der Waals surface area contributed by atoms with Gasteiger partial charge in [0.2, 0.25) is 5.95 Å². The molecule has 0 spiro atoms. The van der Waals surface area contributed by atoms with Crippen LogP contribution in [0, 0.1) is 5.82 Å². The molecule has 0 unspecified atom stereocenters. The Labute approximate surface area is 244 Å². The number of hydrogen-bond acceptors (Lipinski definition) is 10. The second-order valence-corrected chi connectivity index (χ2v) is 12.2. The van der Waals surface area contributed by atoms with E-state index in [9.17, 15) is 35.6 Å². The van der Waals surface area contributed by atoms with Crippen molar-refractivity contribution in [1.82, 2.24) is 29.0 Å². The Hall–Kier alpha value is -5.00. The number of sulfone groups is 1. The van der Waals surface area contributed by atoms with Crippen LogP contribution in [-0.2, 0) is 14.6 Å². The number of carbonyl (C=O) groups is 1. The molecule has 0 aliphatic heterocycles. The van der Waals surface area contributed by atoms with Gasteiger partial charge in [0.25, 0.3) is 0 Å². The van der Waals surface area contributed by atoms with E-state index in [4.69, 9.17) is 5.73 Å². The zero-order valence-corrected chi connectivity index (χ0v) is 23.5. The van der Waals surface area contributed by atoms with Crippen molar-refractivity contribution in [3.8, 4) is 5.69 Å². The number of anilines is 3. The SMILES string of the molecule is CS(=O)(=O)c1ccc(Nc2nc(N)c3c(n2)n(C2CCCC2)c(=O)n3-c2cccc3c2cnn3OC(=O)C(F)(F)F)c(F)c1. The van der Waals surface area contributed by atoms with Crippen LogP contribution < -0.4 is 21.6 Å². The lowest BCUT2D eigenvalue weighted by atomic mass is 10.2. The lowest BCUT2D eigenvalue weighted by Gasteiger charge is -2.12. The number of nitrogens with two attached hydrogens (primary N) is 1. The van der Waals surface area contributed by atoms with E-state index < -0.39 is 33.5 Å². The summed E-state index contributed by atoms with van der Waals surface area (Å²) >= 11 is 0. The number of carbonyl (C=O) groups excluding carboxylic acids is 1. The van der Waals surface area contributed by atoms with Crippen molar-refractivity contribution in [2.75, 3.05) is 17.3 Å². The van der Waals surface area contributed by atoms with Gasteiger partial charge in [-0.1, -0.05) is 23.8 Å². The van der Waals surface area contributed by atoms with E-state index in [1.54, 1.807) is 0 Å². The van der Waals surface area contributed by atoms with Crippen LogP contribution in [0.25, 0.3) is 27.8 Å². The molecular weight excluding hydrogens is 612 g/mol. The number of nitrogens with one attached hydrogen (secondary N) is 1. The highest BCUT2D eigenvalue weighted by molar-refractivity contribution is 7.90. The third-order valence-corrected chi connectivity index (χ3v) is 8.36. The van der Waals surface area contributed by atoms with Gasteiger partial charge >= 0.3 is 17.8 Å². The average Bonchev–Trinajstić information content (AvgIpc) is 3.67. The van der Waals surface area contributed by atoms with E-state index in [1.807, 2.05) is 0 Å². The fourth-order valence-electron chi connectivity index (χ4n) is 5.27. The predicted octanol–water partition coefficient (Wildman–Crippen LogP) is 3.43. The monoisotopic (exact) mass is 634 g/mol. The quantitative estimate of drug-likeness (QED) is 0.264. The molecule has 3 N–H and O–H groups in total. The highest BCUT2D eigenvalue weighted by atomic mass is 32.2. The summed E-state index contributed by atoms with van der Waals surface area (Å²) in [5, 5.41) is 6.59. The molecule has 0 radical (unpaired) electrons. The minimum atomic E-state index is -5.27. The molecule has 1 aliphatic rings. The number of rotatable bonds is 6. The van der Waals surface area contributed by atoms with Gasteiger partial charge in [0, 0.05) is 17.7 Å². The Kier molecular flexibility index (Phi) is 6.82. The summed E-state index contributed by atoms with van der Waals surface area (Å²) in [7, 11) is -3.66. The fraction of sp³-hybridized carbons (Fsp3) is 0.269. The van der Waals surface area contributed by atoms with Gasteiger partial charge in [0.05, 0.1) is 22.5 Å². The van der Waals surface area contributed by atoms with Crippen LogP contribution in [-0.4, -0.2) is 55.9 Å². The van der Waals surface area contributed by atoms with Crippen LogP contribution in [0.2, 0.25) is 0 Å². The van der Waals surface area contributed by atoms with Gasteiger partial charge in [-0.3, -0.25) is 9.13 Å². The maximum Gasteiger partial charge on any atom is 0.493 e. The van der Waals surface area contributed by atoms with Crippen molar-refractivity contribution in [2.45, 2.75) is 42.8 Å². The Morgan fingerprint density at radius 3 is 2.52 bits per heavy atom. The molecule has 0 bridgehead atoms. The lowest BCUT2D eigenvalue weighted by molar-refractivity contribution is -0.200. The molecule has 5 aromatic rings. The summed E-state index contributed by atoms with van der Waals surface area (Å²) in [6, 6.07) is 7.27. The second-order valence-electron chi connectivity index (χ2n) is 10.2. The topological polar surface area (TPSA) is 169 Å². The first-order chi connectivity index (χ1) is 20.7. The number of alkyl halides is 3. The minimum absolute atomic E-state index is 0.0421. The molecule has 3 aromatic heterocycles. The Bertz CT molecular complexity index is 2130. The molecule has 0 saturated heterocycles. The van der Waals surface area contributed by atoms with Crippen molar-refractivity contribution in [1.29, 1.82) is 0 Å². The number of halogens is 4. The number of imidazole rings is 1. The molecule has 230 valence electrons. The van der Waals surface area contributed by atoms with Crippen molar-refractivity contribution < 1.29 is 35.6 Å². The summed E-state index contributed by atoms with van der Waals surface area (Å²) in [4.78, 5) is 38.7. The Balaban J connectivity index is 1.51. The maximum absolute atomic E-state index is 14.8. The molecule has 6 rings (SSSR count). The number of nitrogens with zero attached hydrogens (tertiary/aromatic N) is 6. The van der Waals surface area contributed by atoms with Gasteiger partial charge in [-0.2, -0.15) is 23.1 Å². The Morgan fingerprint density at radius 2 is 1.86 bits per heavy atom. The van der Waals surface area contributed by atoms with Crippen LogP contribution in [0.15, 0.2) is 52.3 Å². The molecule has 2 aromatic carbocycles. The van der Waals surface area contributed by atoms with Crippen LogP contribution in [0.5, 0.6) is 0 Å². The first kappa shape index (κ1) is 29.1. The van der Waals surface area contributed by atoms with Gasteiger partial charge in [-0.25, -0.2) is 22.4 Å². The number of hydrogen-bond donors (Lipinski definition) is 2. The maximum atomic E-state index is 14.8. The smallest absolute Gasteiger partial charge is 0.382 e. The predicted molar refractivity (Wildman–Crippen MR) is 149 cm³/mol. The summed E-state index contributed by atoms with van der Waals surface area (Å²) in [6.45, 7) is 0. The zero-order chi connectivity index (χ0) is 31.6. The summed E-state index contributed by atoms with van der Waals surface area (Å²) in [5.41, 5.74) is 5.95. The first-order valence-corrected chi connectivity index (χ1v) is 15.0.